The number of carbonyl (C=O) groups is 4. The molecular weight excluding hydrogens is 539 g/mol. The van der Waals surface area contributed by atoms with Gasteiger partial charge in [-0.15, -0.1) is 0 Å². The van der Waals surface area contributed by atoms with Crippen molar-refractivity contribution >= 4 is 35.1 Å². The van der Waals surface area contributed by atoms with Gasteiger partial charge in [-0.2, -0.15) is 0 Å². The summed E-state index contributed by atoms with van der Waals surface area (Å²) < 4.78 is 13.5. The van der Waals surface area contributed by atoms with Crippen LogP contribution in [0, 0.1) is 17.7 Å². The molecule has 3 aliphatic rings. The molecule has 3 N–H and O–H groups in total. The highest BCUT2D eigenvalue weighted by atomic mass is 19.1. The first kappa shape index (κ1) is 29.5. The number of amides is 3. The molecule has 1 atom stereocenters. The Morgan fingerprint density at radius 1 is 0.857 bits per heavy atom. The van der Waals surface area contributed by atoms with E-state index in [1.54, 1.807) is 12.1 Å². The Kier molecular flexibility index (Phi) is 9.39. The molecule has 1 aliphatic heterocycles. The van der Waals surface area contributed by atoms with Crippen molar-refractivity contribution in [2.24, 2.45) is 11.8 Å². The van der Waals surface area contributed by atoms with Crippen molar-refractivity contribution in [1.29, 1.82) is 0 Å². The fourth-order valence-electron chi connectivity index (χ4n) is 5.98. The lowest BCUT2D eigenvalue weighted by Gasteiger charge is -2.28. The maximum Gasteiger partial charge on any atom is 0.305 e. The summed E-state index contributed by atoms with van der Waals surface area (Å²) in [5.41, 5.74) is 2.06. The molecule has 1 unspecified atom stereocenters. The van der Waals surface area contributed by atoms with Crippen LogP contribution >= 0.6 is 0 Å². The second kappa shape index (κ2) is 13.4. The summed E-state index contributed by atoms with van der Waals surface area (Å²) in [5, 5.41) is 15.3. The van der Waals surface area contributed by atoms with E-state index in [9.17, 15) is 28.7 Å². The number of anilines is 2. The fourth-order valence-corrected chi connectivity index (χ4v) is 5.98. The predicted octanol–water partition coefficient (Wildman–Crippen LogP) is 4.74. The van der Waals surface area contributed by atoms with Gasteiger partial charge in [0.2, 0.25) is 11.8 Å². The number of rotatable bonds is 9. The van der Waals surface area contributed by atoms with Gasteiger partial charge in [0.15, 0.2) is 0 Å². The summed E-state index contributed by atoms with van der Waals surface area (Å²) in [7, 11) is 0. The molecule has 2 aliphatic carbocycles. The minimum Gasteiger partial charge on any atom is -0.481 e. The van der Waals surface area contributed by atoms with Gasteiger partial charge in [-0.3, -0.25) is 19.2 Å². The lowest BCUT2D eigenvalue weighted by Crippen LogP contribution is -2.36. The van der Waals surface area contributed by atoms with Gasteiger partial charge in [0.25, 0.3) is 5.91 Å². The molecule has 0 bridgehead atoms. The Morgan fingerprint density at radius 3 is 2.29 bits per heavy atom. The number of carboxylic acids is 1. The SMILES string of the molecule is O=C(O)CC(NC(=O)c1ccc(N2CCCN(C(=O)C3CC3)CC2)c(NC(=O)C2CCCCC2)c1)c1ccc(F)cc1. The number of aliphatic carboxylic acids is 1. The summed E-state index contributed by atoms with van der Waals surface area (Å²) in [6, 6.07) is 9.63. The quantitative estimate of drug-likeness (QED) is 0.396. The van der Waals surface area contributed by atoms with Gasteiger partial charge in [0, 0.05) is 43.6 Å². The van der Waals surface area contributed by atoms with Crippen LogP contribution in [0.3, 0.4) is 0 Å². The molecule has 1 saturated heterocycles. The molecule has 2 aromatic rings. The van der Waals surface area contributed by atoms with E-state index in [4.69, 9.17) is 0 Å². The molecule has 0 radical (unpaired) electrons. The van der Waals surface area contributed by atoms with E-state index < -0.39 is 23.7 Å². The molecule has 0 aromatic heterocycles. The normalized spacial score (nSPS) is 18.6. The van der Waals surface area contributed by atoms with E-state index in [0.717, 1.165) is 57.1 Å². The Hall–Kier alpha value is -3.95. The summed E-state index contributed by atoms with van der Waals surface area (Å²) in [4.78, 5) is 55.0. The molecule has 1 heterocycles. The molecule has 5 rings (SSSR count). The maximum absolute atomic E-state index is 13.5. The molecule has 10 heteroatoms. The number of benzene rings is 2. The summed E-state index contributed by atoms with van der Waals surface area (Å²) >= 11 is 0. The molecule has 2 aromatic carbocycles. The lowest BCUT2D eigenvalue weighted by atomic mass is 9.88. The minimum atomic E-state index is -1.10. The van der Waals surface area contributed by atoms with Gasteiger partial charge < -0.3 is 25.5 Å². The Bertz CT molecular complexity index is 1310. The van der Waals surface area contributed by atoms with Crippen LogP contribution in [0.25, 0.3) is 0 Å². The largest absolute Gasteiger partial charge is 0.481 e. The lowest BCUT2D eigenvalue weighted by molar-refractivity contribution is -0.137. The Balaban J connectivity index is 1.38. The number of hydrogen-bond donors (Lipinski definition) is 3. The standard InChI is InChI=1S/C32H39FN4O5/c33-25-12-9-21(10-13-25)26(20-29(38)39)34-31(41)24-11-14-28(27(19-24)35-30(40)22-5-2-1-3-6-22)36-15-4-16-37(18-17-36)32(42)23-7-8-23/h9-14,19,22-23,26H,1-8,15-18,20H2,(H,34,41)(H,35,40)(H,38,39). The number of halogens is 1. The van der Waals surface area contributed by atoms with E-state index in [1.807, 2.05) is 11.0 Å². The van der Waals surface area contributed by atoms with Crippen molar-refractivity contribution in [3.05, 3.63) is 59.4 Å². The van der Waals surface area contributed by atoms with Gasteiger partial charge >= 0.3 is 5.97 Å². The summed E-state index contributed by atoms with van der Waals surface area (Å²) in [5.74, 6) is -1.81. The van der Waals surface area contributed by atoms with E-state index in [-0.39, 0.29) is 35.6 Å². The van der Waals surface area contributed by atoms with Gasteiger partial charge in [0.1, 0.15) is 5.82 Å². The fraction of sp³-hybridized carbons (Fsp3) is 0.500. The molecular formula is C32H39FN4O5. The first-order chi connectivity index (χ1) is 20.3. The van der Waals surface area contributed by atoms with E-state index in [0.29, 0.717) is 37.4 Å². The van der Waals surface area contributed by atoms with E-state index in [2.05, 4.69) is 15.5 Å². The van der Waals surface area contributed by atoms with Crippen molar-refractivity contribution in [3.8, 4) is 0 Å². The molecule has 0 spiro atoms. The van der Waals surface area contributed by atoms with Crippen LogP contribution in [-0.2, 0) is 14.4 Å². The van der Waals surface area contributed by atoms with E-state index >= 15 is 0 Å². The first-order valence-corrected chi connectivity index (χ1v) is 15.1. The summed E-state index contributed by atoms with van der Waals surface area (Å²) in [6.07, 6.45) is 7.17. The van der Waals surface area contributed by atoms with Crippen LogP contribution in [0.4, 0.5) is 15.8 Å². The minimum absolute atomic E-state index is 0.0658. The number of carbonyl (C=O) groups excluding carboxylic acids is 3. The number of nitrogens with one attached hydrogen (secondary N) is 2. The molecule has 42 heavy (non-hydrogen) atoms. The third kappa shape index (κ3) is 7.46. The highest BCUT2D eigenvalue weighted by molar-refractivity contribution is 6.01. The summed E-state index contributed by atoms with van der Waals surface area (Å²) in [6.45, 7) is 2.62. The van der Waals surface area contributed by atoms with Crippen molar-refractivity contribution in [2.45, 2.75) is 63.8 Å². The van der Waals surface area contributed by atoms with Gasteiger partial charge in [-0.1, -0.05) is 31.4 Å². The number of carboxylic acid groups (broad SMARTS) is 1. The van der Waals surface area contributed by atoms with Crippen LogP contribution < -0.4 is 15.5 Å². The van der Waals surface area contributed by atoms with Gasteiger partial charge in [0.05, 0.1) is 23.8 Å². The third-order valence-corrected chi connectivity index (χ3v) is 8.52. The molecule has 2 saturated carbocycles. The van der Waals surface area contributed by atoms with Crippen molar-refractivity contribution in [3.63, 3.8) is 0 Å². The zero-order chi connectivity index (χ0) is 29.6. The molecule has 224 valence electrons. The zero-order valence-corrected chi connectivity index (χ0v) is 23.8. The van der Waals surface area contributed by atoms with Crippen molar-refractivity contribution in [1.82, 2.24) is 10.2 Å². The number of nitrogens with zero attached hydrogens (tertiary/aromatic N) is 2. The van der Waals surface area contributed by atoms with Crippen LogP contribution in [-0.4, -0.2) is 59.9 Å². The highest BCUT2D eigenvalue weighted by Gasteiger charge is 2.34. The van der Waals surface area contributed by atoms with Crippen LogP contribution in [0.5, 0.6) is 0 Å². The van der Waals surface area contributed by atoms with Crippen LogP contribution in [0.15, 0.2) is 42.5 Å². The number of hydrogen-bond acceptors (Lipinski definition) is 5. The topological polar surface area (TPSA) is 119 Å². The smallest absolute Gasteiger partial charge is 0.305 e. The zero-order valence-electron chi connectivity index (χ0n) is 23.8. The van der Waals surface area contributed by atoms with E-state index in [1.165, 1.54) is 24.3 Å². The molecule has 3 fully saturated rings. The van der Waals surface area contributed by atoms with Gasteiger partial charge in [-0.25, -0.2) is 4.39 Å². The van der Waals surface area contributed by atoms with Gasteiger partial charge in [-0.05, 0) is 68.0 Å². The van der Waals surface area contributed by atoms with Crippen molar-refractivity contribution in [2.75, 3.05) is 36.4 Å². The van der Waals surface area contributed by atoms with Crippen LogP contribution in [0.2, 0.25) is 0 Å². The predicted molar refractivity (Wildman–Crippen MR) is 157 cm³/mol. The average Bonchev–Trinajstić information content (AvgIpc) is 3.85. The average molecular weight is 579 g/mol. The van der Waals surface area contributed by atoms with Crippen molar-refractivity contribution < 1.29 is 28.7 Å². The van der Waals surface area contributed by atoms with Crippen LogP contribution in [0.1, 0.15) is 79.8 Å². The molecule has 9 nitrogen and oxygen atoms in total. The monoisotopic (exact) mass is 578 g/mol. The molecule has 3 amide bonds. The second-order valence-corrected chi connectivity index (χ2v) is 11.7. The second-order valence-electron chi connectivity index (χ2n) is 11.7. The third-order valence-electron chi connectivity index (χ3n) is 8.52. The Morgan fingerprint density at radius 2 is 1.60 bits per heavy atom. The first-order valence-electron chi connectivity index (χ1n) is 15.1. The Labute approximate surface area is 245 Å². The highest BCUT2D eigenvalue weighted by Crippen LogP contribution is 2.34. The maximum atomic E-state index is 13.5.